The summed E-state index contributed by atoms with van der Waals surface area (Å²) in [6, 6.07) is 17.5. The summed E-state index contributed by atoms with van der Waals surface area (Å²) in [7, 11) is 0. The lowest BCUT2D eigenvalue weighted by Crippen LogP contribution is -2.23. The Hall–Kier alpha value is -2.64. The van der Waals surface area contributed by atoms with E-state index >= 15 is 0 Å². The van der Waals surface area contributed by atoms with Gasteiger partial charge in [0.1, 0.15) is 5.69 Å². The molecule has 1 aromatic carbocycles. The molecule has 0 aliphatic carbocycles. The maximum atomic E-state index is 9.27. The third-order valence-corrected chi connectivity index (χ3v) is 3.17. The first-order chi connectivity index (χ1) is 10.6. The summed E-state index contributed by atoms with van der Waals surface area (Å²) in [6.07, 6.45) is 5.38. The lowest BCUT2D eigenvalue weighted by molar-refractivity contribution is 0.212. The number of nitrogens with zero attached hydrogens (tertiary/aromatic N) is 3. The van der Waals surface area contributed by atoms with Crippen molar-refractivity contribution in [1.82, 2.24) is 14.6 Å². The summed E-state index contributed by atoms with van der Waals surface area (Å²) in [4.78, 5) is 4.36. The highest BCUT2D eigenvalue weighted by atomic mass is 16.3. The number of hydrogen-bond donors (Lipinski definition) is 1. The number of benzene rings is 1. The summed E-state index contributed by atoms with van der Waals surface area (Å²) in [5.74, 6) is 3.15. The van der Waals surface area contributed by atoms with Crippen LogP contribution in [0, 0.1) is 12.3 Å². The van der Waals surface area contributed by atoms with Gasteiger partial charge in [0.2, 0.25) is 0 Å². The van der Waals surface area contributed by atoms with Gasteiger partial charge in [-0.1, -0.05) is 62.2 Å². The molecule has 2 heterocycles. The SMILES string of the molecule is C#Cc1cccc2nc(C(C)(C)CO)nn12.c1ccccc1. The lowest BCUT2D eigenvalue weighted by Gasteiger charge is -2.16. The summed E-state index contributed by atoms with van der Waals surface area (Å²) in [6.45, 7) is 3.77. The summed E-state index contributed by atoms with van der Waals surface area (Å²) >= 11 is 0. The summed E-state index contributed by atoms with van der Waals surface area (Å²) in [5.41, 5.74) is 0.898. The van der Waals surface area contributed by atoms with Crippen molar-refractivity contribution in [3.8, 4) is 12.3 Å². The van der Waals surface area contributed by atoms with Crippen LogP contribution in [0.5, 0.6) is 0 Å². The second kappa shape index (κ2) is 6.88. The zero-order valence-corrected chi connectivity index (χ0v) is 12.8. The number of pyridine rings is 1. The molecular weight excluding hydrogens is 274 g/mol. The molecule has 2 aromatic heterocycles. The average Bonchev–Trinajstić information content (AvgIpc) is 3.02. The van der Waals surface area contributed by atoms with Crippen LogP contribution in [0.2, 0.25) is 0 Å². The fourth-order valence-electron chi connectivity index (χ4n) is 1.76. The Morgan fingerprint density at radius 2 is 1.68 bits per heavy atom. The van der Waals surface area contributed by atoms with Gasteiger partial charge in [-0.25, -0.2) is 9.50 Å². The number of fused-ring (bicyclic) bond motifs is 1. The lowest BCUT2D eigenvalue weighted by atomic mass is 9.94. The second-order valence-electron chi connectivity index (χ2n) is 5.46. The van der Waals surface area contributed by atoms with Gasteiger partial charge in [0.25, 0.3) is 0 Å². The topological polar surface area (TPSA) is 50.4 Å². The summed E-state index contributed by atoms with van der Waals surface area (Å²) < 4.78 is 1.62. The standard InChI is InChI=1S/C12H13N3O.C6H6/c1-4-9-6-5-7-10-13-11(14-15(9)10)12(2,3)8-16;1-2-4-6-5-3-1/h1,5-7,16H,8H2,2-3H3;1-6H. The van der Waals surface area contributed by atoms with Gasteiger partial charge in [0, 0.05) is 5.41 Å². The van der Waals surface area contributed by atoms with Crippen LogP contribution in [0.4, 0.5) is 0 Å². The van der Waals surface area contributed by atoms with Crippen LogP contribution in [-0.2, 0) is 5.41 Å². The highest BCUT2D eigenvalue weighted by molar-refractivity contribution is 5.43. The van der Waals surface area contributed by atoms with E-state index in [-0.39, 0.29) is 6.61 Å². The molecule has 0 aliphatic heterocycles. The van der Waals surface area contributed by atoms with E-state index in [0.717, 1.165) is 0 Å². The first-order valence-corrected chi connectivity index (χ1v) is 7.02. The third kappa shape index (κ3) is 3.51. The molecule has 0 spiro atoms. The van der Waals surface area contributed by atoms with Crippen LogP contribution >= 0.6 is 0 Å². The van der Waals surface area contributed by atoms with Crippen LogP contribution in [0.15, 0.2) is 54.6 Å². The van der Waals surface area contributed by atoms with Gasteiger partial charge in [0.15, 0.2) is 11.5 Å². The maximum Gasteiger partial charge on any atom is 0.159 e. The quantitative estimate of drug-likeness (QED) is 0.739. The van der Waals surface area contributed by atoms with Gasteiger partial charge in [-0.3, -0.25) is 0 Å². The second-order valence-corrected chi connectivity index (χ2v) is 5.46. The number of terminal acetylenes is 1. The van der Waals surface area contributed by atoms with Gasteiger partial charge in [-0.15, -0.1) is 11.5 Å². The number of aromatic nitrogens is 3. The van der Waals surface area contributed by atoms with E-state index < -0.39 is 5.41 Å². The van der Waals surface area contributed by atoms with E-state index in [2.05, 4.69) is 16.0 Å². The fraction of sp³-hybridized carbons (Fsp3) is 0.222. The van der Waals surface area contributed by atoms with E-state index in [1.165, 1.54) is 0 Å². The molecule has 0 fully saturated rings. The highest BCUT2D eigenvalue weighted by Crippen LogP contribution is 2.19. The van der Waals surface area contributed by atoms with Crippen molar-refractivity contribution in [3.05, 3.63) is 66.1 Å². The average molecular weight is 293 g/mol. The molecule has 112 valence electrons. The highest BCUT2D eigenvalue weighted by Gasteiger charge is 2.25. The number of aliphatic hydroxyl groups is 1. The zero-order chi connectivity index (χ0) is 16.0. The smallest absolute Gasteiger partial charge is 0.159 e. The van der Waals surface area contributed by atoms with Crippen LogP contribution < -0.4 is 0 Å². The molecule has 0 saturated carbocycles. The number of rotatable bonds is 2. The van der Waals surface area contributed by atoms with Crippen molar-refractivity contribution < 1.29 is 5.11 Å². The van der Waals surface area contributed by atoms with E-state index in [1.807, 2.05) is 62.4 Å². The number of aliphatic hydroxyl groups excluding tert-OH is 1. The Morgan fingerprint density at radius 1 is 1.09 bits per heavy atom. The van der Waals surface area contributed by atoms with Crippen molar-refractivity contribution in [1.29, 1.82) is 0 Å². The first kappa shape index (κ1) is 15.7. The molecular formula is C18H19N3O. The molecule has 0 radical (unpaired) electrons. The monoisotopic (exact) mass is 293 g/mol. The fourth-order valence-corrected chi connectivity index (χ4v) is 1.76. The Balaban J connectivity index is 0.000000246. The van der Waals surface area contributed by atoms with Gasteiger partial charge in [-0.2, -0.15) is 0 Å². The van der Waals surface area contributed by atoms with E-state index in [1.54, 1.807) is 10.6 Å². The molecule has 0 unspecified atom stereocenters. The zero-order valence-electron chi connectivity index (χ0n) is 12.8. The Bertz CT molecular complexity index is 743. The van der Waals surface area contributed by atoms with Crippen LogP contribution in [0.25, 0.3) is 5.65 Å². The molecule has 3 aromatic rings. The third-order valence-electron chi connectivity index (χ3n) is 3.17. The molecule has 4 nitrogen and oxygen atoms in total. The van der Waals surface area contributed by atoms with Crippen LogP contribution in [0.1, 0.15) is 25.4 Å². The molecule has 1 N–H and O–H groups in total. The van der Waals surface area contributed by atoms with Crippen molar-refractivity contribution in [2.75, 3.05) is 6.61 Å². The van der Waals surface area contributed by atoms with Crippen molar-refractivity contribution in [2.45, 2.75) is 19.3 Å². The van der Waals surface area contributed by atoms with Gasteiger partial charge >= 0.3 is 0 Å². The van der Waals surface area contributed by atoms with E-state index in [4.69, 9.17) is 6.42 Å². The molecule has 4 heteroatoms. The first-order valence-electron chi connectivity index (χ1n) is 7.02. The van der Waals surface area contributed by atoms with Gasteiger partial charge in [-0.05, 0) is 12.1 Å². The molecule has 0 saturated heterocycles. The largest absolute Gasteiger partial charge is 0.395 e. The molecule has 0 amide bonds. The molecule has 0 atom stereocenters. The van der Waals surface area contributed by atoms with E-state index in [9.17, 15) is 5.11 Å². The Labute approximate surface area is 130 Å². The molecule has 3 rings (SSSR count). The predicted molar refractivity (Wildman–Crippen MR) is 87.5 cm³/mol. The van der Waals surface area contributed by atoms with Gasteiger partial charge < -0.3 is 5.11 Å². The maximum absolute atomic E-state index is 9.27. The minimum absolute atomic E-state index is 0.00469. The normalized spacial score (nSPS) is 10.6. The molecule has 0 bridgehead atoms. The van der Waals surface area contributed by atoms with Crippen LogP contribution in [-0.4, -0.2) is 26.3 Å². The van der Waals surface area contributed by atoms with Crippen molar-refractivity contribution >= 4 is 5.65 Å². The summed E-state index contributed by atoms with van der Waals surface area (Å²) in [5, 5.41) is 13.6. The minimum Gasteiger partial charge on any atom is -0.395 e. The molecule has 0 aliphatic rings. The number of hydrogen-bond acceptors (Lipinski definition) is 3. The Morgan fingerprint density at radius 3 is 2.18 bits per heavy atom. The van der Waals surface area contributed by atoms with Crippen molar-refractivity contribution in [3.63, 3.8) is 0 Å². The Kier molecular flexibility index (Phi) is 4.92. The molecule has 22 heavy (non-hydrogen) atoms. The predicted octanol–water partition coefficient (Wildman–Crippen LogP) is 2.67. The van der Waals surface area contributed by atoms with Crippen molar-refractivity contribution in [2.24, 2.45) is 0 Å². The van der Waals surface area contributed by atoms with Crippen LogP contribution in [0.3, 0.4) is 0 Å². The van der Waals surface area contributed by atoms with Gasteiger partial charge in [0.05, 0.1) is 6.61 Å². The minimum atomic E-state index is -0.460. The van der Waals surface area contributed by atoms with E-state index in [0.29, 0.717) is 17.2 Å².